The Kier molecular flexibility index (Phi) is 3.79. The van der Waals surface area contributed by atoms with Crippen molar-refractivity contribution in [3.63, 3.8) is 0 Å². The molecular weight excluding hydrogens is 214 g/mol. The second kappa shape index (κ2) is 5.32. The number of ether oxygens (including phenoxy) is 1. The van der Waals surface area contributed by atoms with Crippen LogP contribution in [0.1, 0.15) is 30.4 Å². The molecule has 0 spiro atoms. The van der Waals surface area contributed by atoms with Gasteiger partial charge in [-0.3, -0.25) is 4.79 Å². The Bertz CT molecular complexity index is 409. The van der Waals surface area contributed by atoms with E-state index in [1.165, 1.54) is 5.56 Å². The van der Waals surface area contributed by atoms with E-state index in [0.717, 1.165) is 30.5 Å². The summed E-state index contributed by atoms with van der Waals surface area (Å²) in [6, 6.07) is 6.02. The SMILES string of the molecule is Cc1ccc(NC(=O)C2CCCCO2)c(C)c1. The lowest BCUT2D eigenvalue weighted by Gasteiger charge is -2.22. The van der Waals surface area contributed by atoms with Gasteiger partial charge in [0, 0.05) is 12.3 Å². The highest BCUT2D eigenvalue weighted by Gasteiger charge is 2.22. The summed E-state index contributed by atoms with van der Waals surface area (Å²) in [7, 11) is 0. The van der Waals surface area contributed by atoms with E-state index in [1.807, 2.05) is 26.0 Å². The van der Waals surface area contributed by atoms with Crippen LogP contribution < -0.4 is 5.32 Å². The van der Waals surface area contributed by atoms with Gasteiger partial charge in [-0.1, -0.05) is 17.7 Å². The molecule has 1 aliphatic heterocycles. The third-order valence-corrected chi connectivity index (χ3v) is 3.11. The summed E-state index contributed by atoms with van der Waals surface area (Å²) in [6.45, 7) is 4.75. The predicted octanol–water partition coefficient (Wildman–Crippen LogP) is 2.81. The Morgan fingerprint density at radius 3 is 2.82 bits per heavy atom. The fourth-order valence-corrected chi connectivity index (χ4v) is 2.11. The van der Waals surface area contributed by atoms with E-state index in [9.17, 15) is 4.79 Å². The summed E-state index contributed by atoms with van der Waals surface area (Å²) in [5.41, 5.74) is 3.18. The highest BCUT2D eigenvalue weighted by atomic mass is 16.5. The molecule has 0 saturated carbocycles. The van der Waals surface area contributed by atoms with Gasteiger partial charge in [-0.05, 0) is 44.7 Å². The summed E-state index contributed by atoms with van der Waals surface area (Å²) >= 11 is 0. The van der Waals surface area contributed by atoms with E-state index in [2.05, 4.69) is 11.4 Å². The number of carbonyl (C=O) groups is 1. The quantitative estimate of drug-likeness (QED) is 0.853. The van der Waals surface area contributed by atoms with Gasteiger partial charge in [0.05, 0.1) is 0 Å². The lowest BCUT2D eigenvalue weighted by molar-refractivity contribution is -0.129. The molecule has 1 atom stereocenters. The summed E-state index contributed by atoms with van der Waals surface area (Å²) in [6.07, 6.45) is 2.69. The third-order valence-electron chi connectivity index (χ3n) is 3.11. The number of hydrogen-bond donors (Lipinski definition) is 1. The maximum Gasteiger partial charge on any atom is 0.253 e. The molecule has 0 radical (unpaired) electrons. The molecule has 0 aliphatic carbocycles. The average molecular weight is 233 g/mol. The number of hydrogen-bond acceptors (Lipinski definition) is 2. The van der Waals surface area contributed by atoms with Crippen molar-refractivity contribution in [1.29, 1.82) is 0 Å². The zero-order valence-corrected chi connectivity index (χ0v) is 10.5. The molecule has 1 heterocycles. The van der Waals surface area contributed by atoms with Gasteiger partial charge in [-0.15, -0.1) is 0 Å². The van der Waals surface area contributed by atoms with Crippen LogP contribution in [0.15, 0.2) is 18.2 Å². The van der Waals surface area contributed by atoms with Crippen molar-refractivity contribution in [2.24, 2.45) is 0 Å². The minimum Gasteiger partial charge on any atom is -0.368 e. The van der Waals surface area contributed by atoms with Crippen molar-refractivity contribution >= 4 is 11.6 Å². The number of rotatable bonds is 2. The number of aryl methyl sites for hydroxylation is 2. The first-order valence-electron chi connectivity index (χ1n) is 6.16. The Balaban J connectivity index is 2.02. The highest BCUT2D eigenvalue weighted by molar-refractivity contribution is 5.94. The lowest BCUT2D eigenvalue weighted by atomic mass is 10.1. The van der Waals surface area contributed by atoms with Crippen LogP contribution in [0.4, 0.5) is 5.69 Å². The van der Waals surface area contributed by atoms with Gasteiger partial charge in [0.15, 0.2) is 0 Å². The molecule has 92 valence electrons. The first kappa shape index (κ1) is 12.1. The van der Waals surface area contributed by atoms with Gasteiger partial charge < -0.3 is 10.1 Å². The van der Waals surface area contributed by atoms with Crippen molar-refractivity contribution in [1.82, 2.24) is 0 Å². The largest absolute Gasteiger partial charge is 0.368 e. The van der Waals surface area contributed by atoms with Crippen molar-refractivity contribution in [2.75, 3.05) is 11.9 Å². The Morgan fingerprint density at radius 1 is 1.35 bits per heavy atom. The van der Waals surface area contributed by atoms with Gasteiger partial charge in [0.25, 0.3) is 5.91 Å². The van der Waals surface area contributed by atoms with Gasteiger partial charge in [-0.25, -0.2) is 0 Å². The van der Waals surface area contributed by atoms with Crippen molar-refractivity contribution < 1.29 is 9.53 Å². The molecule has 2 rings (SSSR count). The maximum absolute atomic E-state index is 12.0. The average Bonchev–Trinajstić information content (AvgIpc) is 2.34. The summed E-state index contributed by atoms with van der Waals surface area (Å²) in [4.78, 5) is 12.0. The molecule has 1 unspecified atom stereocenters. The summed E-state index contributed by atoms with van der Waals surface area (Å²) in [5.74, 6) is -0.0170. The monoisotopic (exact) mass is 233 g/mol. The molecule has 1 saturated heterocycles. The fourth-order valence-electron chi connectivity index (χ4n) is 2.11. The van der Waals surface area contributed by atoms with Crippen molar-refractivity contribution in [3.8, 4) is 0 Å². The topological polar surface area (TPSA) is 38.3 Å². The van der Waals surface area contributed by atoms with Crippen LogP contribution in [-0.2, 0) is 9.53 Å². The van der Waals surface area contributed by atoms with Gasteiger partial charge in [0.2, 0.25) is 0 Å². The fraction of sp³-hybridized carbons (Fsp3) is 0.500. The molecule has 17 heavy (non-hydrogen) atoms. The van der Waals surface area contributed by atoms with E-state index in [1.54, 1.807) is 0 Å². The molecule has 3 nitrogen and oxygen atoms in total. The molecule has 1 aliphatic rings. The van der Waals surface area contributed by atoms with Gasteiger partial charge >= 0.3 is 0 Å². The van der Waals surface area contributed by atoms with Crippen LogP contribution in [0.3, 0.4) is 0 Å². The molecule has 1 amide bonds. The Hall–Kier alpha value is -1.35. The first-order chi connectivity index (χ1) is 8.16. The Labute approximate surface area is 102 Å². The molecule has 3 heteroatoms. The van der Waals surface area contributed by atoms with Crippen LogP contribution >= 0.6 is 0 Å². The molecular formula is C14H19NO2. The molecule has 1 fully saturated rings. The zero-order valence-electron chi connectivity index (χ0n) is 10.5. The number of anilines is 1. The van der Waals surface area contributed by atoms with Gasteiger partial charge in [0.1, 0.15) is 6.10 Å². The van der Waals surface area contributed by atoms with Crippen molar-refractivity contribution in [2.45, 2.75) is 39.2 Å². The highest BCUT2D eigenvalue weighted by Crippen LogP contribution is 2.19. The van der Waals surface area contributed by atoms with Crippen LogP contribution in [-0.4, -0.2) is 18.6 Å². The molecule has 1 N–H and O–H groups in total. The van der Waals surface area contributed by atoms with E-state index in [-0.39, 0.29) is 12.0 Å². The number of nitrogens with one attached hydrogen (secondary N) is 1. The van der Waals surface area contributed by atoms with Crippen LogP contribution in [0.5, 0.6) is 0 Å². The molecule has 0 bridgehead atoms. The minimum atomic E-state index is -0.274. The number of carbonyl (C=O) groups excluding carboxylic acids is 1. The smallest absolute Gasteiger partial charge is 0.253 e. The van der Waals surface area contributed by atoms with Crippen LogP contribution in [0, 0.1) is 13.8 Å². The Morgan fingerprint density at radius 2 is 2.18 bits per heavy atom. The first-order valence-corrected chi connectivity index (χ1v) is 6.16. The third kappa shape index (κ3) is 3.07. The predicted molar refractivity (Wildman–Crippen MR) is 68.1 cm³/mol. The van der Waals surface area contributed by atoms with Crippen LogP contribution in [0.25, 0.3) is 0 Å². The second-order valence-corrected chi connectivity index (χ2v) is 4.66. The lowest BCUT2D eigenvalue weighted by Crippen LogP contribution is -2.33. The second-order valence-electron chi connectivity index (χ2n) is 4.66. The normalized spacial score (nSPS) is 20.0. The van der Waals surface area contributed by atoms with E-state index >= 15 is 0 Å². The zero-order chi connectivity index (χ0) is 12.3. The van der Waals surface area contributed by atoms with E-state index in [0.29, 0.717) is 6.61 Å². The van der Waals surface area contributed by atoms with Crippen LogP contribution in [0.2, 0.25) is 0 Å². The van der Waals surface area contributed by atoms with E-state index in [4.69, 9.17) is 4.74 Å². The minimum absolute atomic E-state index is 0.0170. The molecule has 0 aromatic heterocycles. The molecule has 1 aromatic carbocycles. The standard InChI is InChI=1S/C14H19NO2/c1-10-6-7-12(11(2)9-10)15-14(16)13-5-3-4-8-17-13/h6-7,9,13H,3-5,8H2,1-2H3,(H,15,16). The maximum atomic E-state index is 12.0. The summed E-state index contributed by atoms with van der Waals surface area (Å²) in [5, 5.41) is 2.94. The van der Waals surface area contributed by atoms with E-state index < -0.39 is 0 Å². The summed E-state index contributed by atoms with van der Waals surface area (Å²) < 4.78 is 5.46. The molecule has 1 aromatic rings. The number of amides is 1. The van der Waals surface area contributed by atoms with Gasteiger partial charge in [-0.2, -0.15) is 0 Å². The van der Waals surface area contributed by atoms with Crippen molar-refractivity contribution in [3.05, 3.63) is 29.3 Å². The number of benzene rings is 1.